The fourth-order valence-electron chi connectivity index (χ4n) is 0.606. The van der Waals surface area contributed by atoms with Crippen molar-refractivity contribution in [1.82, 2.24) is 0 Å². The second-order valence-corrected chi connectivity index (χ2v) is 2.93. The van der Waals surface area contributed by atoms with Gasteiger partial charge in [0.15, 0.2) is 0 Å². The molecule has 14 heavy (non-hydrogen) atoms. The Balaban J connectivity index is 0. The Morgan fingerprint density at radius 3 is 2.29 bits per heavy atom. The highest BCUT2D eigenvalue weighted by atomic mass is 16.4. The number of carbonyl (C=O) groups is 1. The second-order valence-electron chi connectivity index (χ2n) is 2.93. The van der Waals surface area contributed by atoms with Crippen LogP contribution in [0.3, 0.4) is 0 Å². The van der Waals surface area contributed by atoms with E-state index < -0.39 is 5.97 Å². The number of hydrogen-bond donors (Lipinski definition) is 1. The Kier molecular flexibility index (Phi) is 12.7. The van der Waals surface area contributed by atoms with Crippen molar-refractivity contribution in [2.75, 3.05) is 0 Å². The summed E-state index contributed by atoms with van der Waals surface area (Å²) in [4.78, 5) is 9.25. The summed E-state index contributed by atoms with van der Waals surface area (Å²) < 4.78 is 0. The van der Waals surface area contributed by atoms with E-state index in [1.165, 1.54) is 19.3 Å². The van der Waals surface area contributed by atoms with Crippen molar-refractivity contribution >= 4 is 5.97 Å². The molecule has 1 N–H and O–H groups in total. The summed E-state index contributed by atoms with van der Waals surface area (Å²) in [6.45, 7) is 10.9. The van der Waals surface area contributed by atoms with Gasteiger partial charge in [-0.1, -0.05) is 50.6 Å². The maximum Gasteiger partial charge on any atom is 0.327 e. The summed E-state index contributed by atoms with van der Waals surface area (Å²) >= 11 is 0. The van der Waals surface area contributed by atoms with Crippen LogP contribution in [0.4, 0.5) is 0 Å². The average molecular weight is 196 g/mol. The zero-order valence-electron chi connectivity index (χ0n) is 9.12. The summed E-state index contributed by atoms with van der Waals surface area (Å²) in [5.74, 6) is -0.981. The molecule has 0 aliphatic heterocycles. The van der Waals surface area contributed by atoms with Crippen LogP contribution in [0, 0.1) is 0 Å². The quantitative estimate of drug-likeness (QED) is 0.414. The third-order valence-electron chi connectivity index (χ3n) is 1.30. The molecule has 0 heterocycles. The van der Waals surface area contributed by atoms with Crippen LogP contribution < -0.4 is 0 Å². The Hall–Kier alpha value is -1.31. The molecular weight excluding hydrogens is 176 g/mol. The van der Waals surface area contributed by atoms with Crippen molar-refractivity contribution < 1.29 is 9.90 Å². The van der Waals surface area contributed by atoms with Crippen LogP contribution >= 0.6 is 0 Å². The lowest BCUT2D eigenvalue weighted by Gasteiger charge is -1.87. The highest BCUT2D eigenvalue weighted by Gasteiger charge is 1.76. The number of unbranched alkanes of at least 4 members (excludes halogenated alkanes) is 2. The van der Waals surface area contributed by atoms with E-state index in [1.807, 2.05) is 6.92 Å². The highest BCUT2D eigenvalue weighted by molar-refractivity contribution is 5.78. The fraction of sp³-hybridized carbons (Fsp3) is 0.417. The molecule has 0 amide bonds. The Morgan fingerprint density at radius 1 is 1.50 bits per heavy atom. The lowest BCUT2D eigenvalue weighted by Crippen LogP contribution is -1.82. The highest BCUT2D eigenvalue weighted by Crippen LogP contribution is 1.97. The molecule has 0 radical (unpaired) electrons. The molecule has 0 saturated carbocycles. The van der Waals surface area contributed by atoms with Crippen LogP contribution in [-0.2, 0) is 4.79 Å². The molecular formula is C12H20O2. The van der Waals surface area contributed by atoms with Crippen molar-refractivity contribution in [3.05, 3.63) is 37.0 Å². The monoisotopic (exact) mass is 196 g/mol. The van der Waals surface area contributed by atoms with Gasteiger partial charge >= 0.3 is 5.97 Å². The first-order valence-electron chi connectivity index (χ1n) is 4.72. The minimum atomic E-state index is -0.981. The van der Waals surface area contributed by atoms with Gasteiger partial charge in [-0.05, 0) is 13.3 Å². The molecule has 0 unspecified atom stereocenters. The van der Waals surface area contributed by atoms with Gasteiger partial charge in [-0.15, -0.1) is 0 Å². The first-order chi connectivity index (χ1) is 6.54. The number of allylic oxidation sites excluding steroid dienone is 3. The minimum Gasteiger partial charge on any atom is -0.478 e. The number of hydrogen-bond acceptors (Lipinski definition) is 1. The molecule has 2 heteroatoms. The van der Waals surface area contributed by atoms with Crippen LogP contribution in [0.15, 0.2) is 37.0 Å². The summed E-state index contributed by atoms with van der Waals surface area (Å²) in [6.07, 6.45) is 8.87. The van der Waals surface area contributed by atoms with Gasteiger partial charge in [-0.3, -0.25) is 0 Å². The van der Waals surface area contributed by atoms with E-state index in [-0.39, 0.29) is 0 Å². The molecule has 0 fully saturated rings. The fourth-order valence-corrected chi connectivity index (χ4v) is 0.606. The van der Waals surface area contributed by atoms with E-state index in [0.29, 0.717) is 0 Å². The van der Waals surface area contributed by atoms with Crippen LogP contribution in [0.2, 0.25) is 0 Å². The Bertz CT molecular complexity index is 202. The summed E-state index contributed by atoms with van der Waals surface area (Å²) in [7, 11) is 0. The van der Waals surface area contributed by atoms with E-state index in [0.717, 1.165) is 11.6 Å². The van der Waals surface area contributed by atoms with Gasteiger partial charge in [0.05, 0.1) is 0 Å². The first-order valence-corrected chi connectivity index (χ1v) is 4.72. The standard InChI is InChI=1S/C9H16.C3H4O2/c1-4-5-6-7-8-9(2)3;1-2-3(4)5/h7-8H,2,4-6H2,1,3H3;2H,1H2,(H,4,5). The van der Waals surface area contributed by atoms with E-state index >= 15 is 0 Å². The molecule has 0 aromatic rings. The summed E-state index contributed by atoms with van der Waals surface area (Å²) in [5.41, 5.74) is 1.14. The molecule has 2 nitrogen and oxygen atoms in total. The van der Waals surface area contributed by atoms with Gasteiger partial charge in [0.1, 0.15) is 0 Å². The maximum absolute atomic E-state index is 9.25. The van der Waals surface area contributed by atoms with Gasteiger partial charge in [0.25, 0.3) is 0 Å². The second kappa shape index (κ2) is 11.7. The maximum atomic E-state index is 9.25. The molecule has 0 atom stereocenters. The lowest BCUT2D eigenvalue weighted by molar-refractivity contribution is -0.131. The van der Waals surface area contributed by atoms with Gasteiger partial charge in [-0.2, -0.15) is 0 Å². The Labute approximate surface area is 86.6 Å². The lowest BCUT2D eigenvalue weighted by atomic mass is 10.2. The molecule has 0 aliphatic carbocycles. The van der Waals surface area contributed by atoms with Crippen molar-refractivity contribution in [2.24, 2.45) is 0 Å². The number of aliphatic carboxylic acids is 1. The third-order valence-corrected chi connectivity index (χ3v) is 1.30. The molecule has 0 bridgehead atoms. The molecule has 0 spiro atoms. The predicted molar refractivity (Wildman–Crippen MR) is 61.3 cm³/mol. The van der Waals surface area contributed by atoms with Crippen LogP contribution in [0.5, 0.6) is 0 Å². The number of carboxylic acids is 1. The molecule has 0 aliphatic rings. The zero-order valence-corrected chi connectivity index (χ0v) is 9.12. The topological polar surface area (TPSA) is 37.3 Å². The van der Waals surface area contributed by atoms with Crippen molar-refractivity contribution in [3.63, 3.8) is 0 Å². The number of rotatable bonds is 5. The van der Waals surface area contributed by atoms with Crippen LogP contribution in [-0.4, -0.2) is 11.1 Å². The van der Waals surface area contributed by atoms with Crippen LogP contribution in [0.1, 0.15) is 33.1 Å². The average Bonchev–Trinajstić information content (AvgIpc) is 2.13. The van der Waals surface area contributed by atoms with Crippen LogP contribution in [0.25, 0.3) is 0 Å². The smallest absolute Gasteiger partial charge is 0.327 e. The van der Waals surface area contributed by atoms with Gasteiger partial charge in [0, 0.05) is 6.08 Å². The van der Waals surface area contributed by atoms with E-state index in [2.05, 4.69) is 32.2 Å². The van der Waals surface area contributed by atoms with E-state index in [1.54, 1.807) is 0 Å². The minimum absolute atomic E-state index is 0.833. The largest absolute Gasteiger partial charge is 0.478 e. The molecule has 0 aromatic carbocycles. The van der Waals surface area contributed by atoms with E-state index in [9.17, 15) is 4.79 Å². The molecule has 0 rings (SSSR count). The van der Waals surface area contributed by atoms with Gasteiger partial charge < -0.3 is 5.11 Å². The SMILES string of the molecule is C=C(C)C=CCCCC.C=CC(=O)O. The molecule has 0 saturated heterocycles. The Morgan fingerprint density at radius 2 is 2.00 bits per heavy atom. The molecule has 0 aromatic heterocycles. The summed E-state index contributed by atoms with van der Waals surface area (Å²) in [5, 5.41) is 7.60. The van der Waals surface area contributed by atoms with Gasteiger partial charge in [0.2, 0.25) is 0 Å². The predicted octanol–water partition coefficient (Wildman–Crippen LogP) is 3.57. The van der Waals surface area contributed by atoms with Crippen molar-refractivity contribution in [2.45, 2.75) is 33.1 Å². The summed E-state index contributed by atoms with van der Waals surface area (Å²) in [6, 6.07) is 0. The number of carboxylic acid groups (broad SMARTS) is 1. The van der Waals surface area contributed by atoms with Crippen molar-refractivity contribution in [3.8, 4) is 0 Å². The van der Waals surface area contributed by atoms with Gasteiger partial charge in [-0.25, -0.2) is 4.79 Å². The first kappa shape index (κ1) is 15.2. The zero-order chi connectivity index (χ0) is 11.4. The molecule has 80 valence electrons. The normalized spacial score (nSPS) is 9.00. The van der Waals surface area contributed by atoms with E-state index in [4.69, 9.17) is 5.11 Å². The third kappa shape index (κ3) is 22.4. The van der Waals surface area contributed by atoms with Crippen molar-refractivity contribution in [1.29, 1.82) is 0 Å².